The number of amides is 2. The minimum atomic E-state index is -4.62. The molecule has 4 aromatic carbocycles. The minimum Gasteiger partial charge on any atom is -0.457 e. The molecule has 4 N–H and O–H groups in total. The summed E-state index contributed by atoms with van der Waals surface area (Å²) in [7, 11) is 0. The van der Waals surface area contributed by atoms with Crippen LogP contribution in [0.15, 0.2) is 138 Å². The molecule has 2 amide bonds. The maximum absolute atomic E-state index is 13.1. The number of allylic oxidation sites excluding steroid dienone is 1. The number of hydrogen-bond donors (Lipinski definition) is 4. The Balaban J connectivity index is 0.000000260. The summed E-state index contributed by atoms with van der Waals surface area (Å²) in [4.78, 5) is 42.2. The van der Waals surface area contributed by atoms with E-state index in [0.717, 1.165) is 54.6 Å². The van der Waals surface area contributed by atoms with E-state index in [1.54, 1.807) is 73.9 Å². The predicted octanol–water partition coefficient (Wildman–Crippen LogP) is 11.2. The van der Waals surface area contributed by atoms with Gasteiger partial charge in [0.25, 0.3) is 0 Å². The van der Waals surface area contributed by atoms with Gasteiger partial charge in [-0.25, -0.2) is 0 Å². The Morgan fingerprint density at radius 3 is 1.67 bits per heavy atom. The second-order valence-electron chi connectivity index (χ2n) is 15.7. The number of aliphatic imine (C=N–C) groups is 2. The zero-order chi connectivity index (χ0) is 50.0. The van der Waals surface area contributed by atoms with Gasteiger partial charge in [0, 0.05) is 61.5 Å². The van der Waals surface area contributed by atoms with Gasteiger partial charge in [-0.05, 0) is 102 Å². The van der Waals surface area contributed by atoms with Crippen molar-refractivity contribution in [2.24, 2.45) is 9.98 Å². The molecule has 0 bridgehead atoms. The van der Waals surface area contributed by atoms with E-state index in [1.165, 1.54) is 18.2 Å². The second kappa shape index (κ2) is 24.6. The Kier molecular flexibility index (Phi) is 19.0. The summed E-state index contributed by atoms with van der Waals surface area (Å²) in [5.74, 6) is 2.54. The van der Waals surface area contributed by atoms with Crippen LogP contribution in [0.5, 0.6) is 23.0 Å². The van der Waals surface area contributed by atoms with Crippen LogP contribution in [0.3, 0.4) is 0 Å². The first-order valence-electron chi connectivity index (χ1n) is 21.5. The van der Waals surface area contributed by atoms with Gasteiger partial charge >= 0.3 is 12.4 Å². The van der Waals surface area contributed by atoms with Gasteiger partial charge in [0.15, 0.2) is 0 Å². The molecule has 12 nitrogen and oxygen atoms in total. The van der Waals surface area contributed by atoms with Gasteiger partial charge in [0.1, 0.15) is 46.1 Å². The summed E-state index contributed by atoms with van der Waals surface area (Å²) < 4.78 is 90.3. The molecule has 4 heterocycles. The Bertz CT molecular complexity index is 2990. The molecule has 378 valence electrons. The first-order valence-corrected chi connectivity index (χ1v) is 22.2. The molecule has 0 radical (unpaired) electrons. The number of hydrogen-bond acceptors (Lipinski definition) is 10. The summed E-state index contributed by atoms with van der Waals surface area (Å²) >= 11 is 11.3. The van der Waals surface area contributed by atoms with Crippen molar-refractivity contribution in [2.45, 2.75) is 46.0 Å². The number of nitrogens with one attached hydrogen (secondary N) is 4. The quantitative estimate of drug-likeness (QED) is 0.0507. The lowest BCUT2D eigenvalue weighted by atomic mass is 9.97. The van der Waals surface area contributed by atoms with Gasteiger partial charge in [-0.2, -0.15) is 26.3 Å². The van der Waals surface area contributed by atoms with E-state index in [0.29, 0.717) is 58.6 Å². The van der Waals surface area contributed by atoms with E-state index < -0.39 is 45.3 Å². The highest BCUT2D eigenvalue weighted by Gasteiger charge is 2.34. The maximum Gasteiger partial charge on any atom is 0.417 e. The van der Waals surface area contributed by atoms with Gasteiger partial charge in [-0.3, -0.25) is 29.5 Å². The number of aromatic nitrogens is 2. The summed E-state index contributed by atoms with van der Waals surface area (Å²) in [6.45, 7) is 6.52. The lowest BCUT2D eigenvalue weighted by Crippen LogP contribution is -2.20. The third-order valence-corrected chi connectivity index (χ3v) is 11.1. The Labute approximate surface area is 423 Å². The van der Waals surface area contributed by atoms with Gasteiger partial charge < -0.3 is 30.7 Å². The number of ether oxygens (including phenoxy) is 2. The molecule has 1 unspecified atom stereocenters. The van der Waals surface area contributed by atoms with Crippen molar-refractivity contribution in [1.82, 2.24) is 20.6 Å². The molecular weight excluding hydrogens is 984 g/mol. The maximum atomic E-state index is 13.1. The minimum absolute atomic E-state index is 0. The normalized spacial score (nSPS) is 13.6. The highest BCUT2D eigenvalue weighted by molar-refractivity contribution is 6.32. The van der Waals surface area contributed by atoms with Crippen molar-refractivity contribution in [3.8, 4) is 23.0 Å². The first kappa shape index (κ1) is 55.6. The Morgan fingerprint density at radius 2 is 1.17 bits per heavy atom. The zero-order valence-corrected chi connectivity index (χ0v) is 38.7. The van der Waals surface area contributed by atoms with Crippen LogP contribution in [0.2, 0.25) is 10.0 Å². The smallest absolute Gasteiger partial charge is 0.417 e. The van der Waals surface area contributed by atoms with Crippen LogP contribution in [0, 0.1) is 0 Å². The molecule has 8 rings (SSSR count). The molecule has 0 spiro atoms. The van der Waals surface area contributed by atoms with E-state index >= 15 is 0 Å². The molecule has 0 saturated carbocycles. The third kappa shape index (κ3) is 15.3. The van der Waals surface area contributed by atoms with Crippen molar-refractivity contribution in [3.63, 3.8) is 0 Å². The SMILES string of the molecule is C.C/C(=C\C(=O)Nc1ccc(Cl)c(C(F)(F)F)c1)c1cccc(Oc2ccnc(C3=NCCN3)c2)c1.CC(CC(=O)Nc1ccc(Cl)c(C(F)(F)F)c1)c1cccc(Oc2ccnc(C3=NCCN3)c2)c1.[BH4-]. The average molecular weight is 1030 g/mol. The van der Waals surface area contributed by atoms with Gasteiger partial charge in [-0.1, -0.05) is 70.2 Å². The topological polar surface area (TPSA) is 151 Å². The fraction of sp³-hybridized carbons (Fsp3) is 0.216. The van der Waals surface area contributed by atoms with Crippen LogP contribution in [0.4, 0.5) is 37.7 Å². The number of benzene rings is 4. The molecular formula is C51H50BCl2F6N8O4-. The van der Waals surface area contributed by atoms with E-state index in [-0.39, 0.29) is 39.6 Å². The highest BCUT2D eigenvalue weighted by Crippen LogP contribution is 2.38. The molecule has 1 atom stereocenters. The predicted molar refractivity (Wildman–Crippen MR) is 275 cm³/mol. The zero-order valence-electron chi connectivity index (χ0n) is 37.2. The fourth-order valence-corrected chi connectivity index (χ4v) is 7.47. The van der Waals surface area contributed by atoms with Crippen LogP contribution in [-0.4, -0.2) is 68.0 Å². The van der Waals surface area contributed by atoms with Crippen LogP contribution >= 0.6 is 23.2 Å². The fourth-order valence-electron chi connectivity index (χ4n) is 7.02. The summed E-state index contributed by atoms with van der Waals surface area (Å²) in [5.41, 5.74) is 1.53. The molecule has 0 aliphatic carbocycles. The summed E-state index contributed by atoms with van der Waals surface area (Å²) in [6, 6.07) is 27.9. The number of amidine groups is 2. The highest BCUT2D eigenvalue weighted by atomic mass is 35.5. The van der Waals surface area contributed by atoms with Crippen molar-refractivity contribution in [1.29, 1.82) is 0 Å². The Hall–Kier alpha value is -7.38. The molecule has 6 aromatic rings. The standard InChI is InChI=1S/C25H22ClF3N4O2.C25H20ClF3N4O2.CH4.BH4/c2*1-15(11-23(34)33-17-5-6-21(26)20(13-17)25(27,28)29)16-3-2-4-18(12-16)35-19-7-8-30-22(14-19)24-31-9-10-32-24;;/h2-8,12-15H,9-11H2,1H3,(H,31,32)(H,33,34);2-8,11-14H,9-10H2,1H3,(H,31,32)(H,33,34);2*1H4/q;;;-1/b;15-11+;;. The number of alkyl halides is 6. The summed E-state index contributed by atoms with van der Waals surface area (Å²) in [6.07, 6.45) is -4.59. The van der Waals surface area contributed by atoms with E-state index in [1.807, 2.05) is 25.1 Å². The third-order valence-electron chi connectivity index (χ3n) is 10.4. The Morgan fingerprint density at radius 1 is 0.681 bits per heavy atom. The number of nitrogens with zero attached hydrogens (tertiary/aromatic N) is 4. The largest absolute Gasteiger partial charge is 0.457 e. The molecule has 0 saturated heterocycles. The van der Waals surface area contributed by atoms with Crippen molar-refractivity contribution >= 4 is 72.0 Å². The summed E-state index contributed by atoms with van der Waals surface area (Å²) in [5, 5.41) is 10.4. The molecule has 2 aromatic heterocycles. The number of anilines is 2. The van der Waals surface area contributed by atoms with Crippen LogP contribution in [0.1, 0.15) is 67.3 Å². The molecule has 0 fully saturated rings. The number of halogens is 8. The molecule has 2 aliphatic rings. The lowest BCUT2D eigenvalue weighted by Gasteiger charge is -2.15. The lowest BCUT2D eigenvalue weighted by molar-refractivity contribution is -0.138. The van der Waals surface area contributed by atoms with Gasteiger partial charge in [-0.15, -0.1) is 0 Å². The molecule has 2 aliphatic heterocycles. The van der Waals surface area contributed by atoms with E-state index in [9.17, 15) is 35.9 Å². The van der Waals surface area contributed by atoms with Crippen molar-refractivity contribution < 1.29 is 45.4 Å². The molecule has 21 heteroatoms. The number of pyridine rings is 2. The first-order chi connectivity index (χ1) is 33.4. The van der Waals surface area contributed by atoms with Crippen LogP contribution in [-0.2, 0) is 21.9 Å². The monoisotopic (exact) mass is 1030 g/mol. The van der Waals surface area contributed by atoms with Crippen LogP contribution < -0.4 is 30.7 Å². The number of rotatable bonds is 13. The molecule has 72 heavy (non-hydrogen) atoms. The second-order valence-corrected chi connectivity index (χ2v) is 16.5. The number of carbonyl (C=O) groups excluding carboxylic acids is 2. The van der Waals surface area contributed by atoms with Gasteiger partial charge in [0.05, 0.1) is 34.3 Å². The van der Waals surface area contributed by atoms with Crippen LogP contribution in [0.25, 0.3) is 5.57 Å². The van der Waals surface area contributed by atoms with Gasteiger partial charge in [0.2, 0.25) is 11.8 Å². The van der Waals surface area contributed by atoms with E-state index in [4.69, 9.17) is 32.7 Å². The van der Waals surface area contributed by atoms with Crippen molar-refractivity contribution in [2.75, 3.05) is 36.8 Å². The number of carbonyl (C=O) groups is 2. The average Bonchev–Trinajstić information content (AvgIpc) is 4.07. The van der Waals surface area contributed by atoms with Crippen molar-refractivity contribution in [3.05, 3.63) is 171 Å². The van der Waals surface area contributed by atoms with E-state index in [2.05, 4.69) is 41.2 Å².